The molecule has 1 aliphatic carbocycles. The van der Waals surface area contributed by atoms with Crippen LogP contribution in [-0.4, -0.2) is 29.9 Å². The molecular weight excluding hydrogens is 384 g/mol. The first kappa shape index (κ1) is 17.4. The zero-order valence-corrected chi connectivity index (χ0v) is 15.2. The number of hydrogen-bond acceptors (Lipinski definition) is 4. The molecule has 1 aliphatic rings. The van der Waals surface area contributed by atoms with Gasteiger partial charge in [0, 0.05) is 35.4 Å². The minimum Gasteiger partial charge on any atom is -0.368 e. The molecule has 0 saturated heterocycles. The predicted molar refractivity (Wildman–Crippen MR) is 101 cm³/mol. The van der Waals surface area contributed by atoms with Crippen LogP contribution in [0.2, 0.25) is 0 Å². The van der Waals surface area contributed by atoms with Crippen LogP contribution in [-0.2, 0) is 4.79 Å². The molecule has 3 N–H and O–H groups in total. The van der Waals surface area contributed by atoms with Gasteiger partial charge in [0.25, 0.3) is 5.91 Å². The molecule has 1 fully saturated rings. The van der Waals surface area contributed by atoms with Gasteiger partial charge in [-0.05, 0) is 49.2 Å². The van der Waals surface area contributed by atoms with E-state index >= 15 is 0 Å². The van der Waals surface area contributed by atoms with E-state index in [1.807, 2.05) is 24.3 Å². The summed E-state index contributed by atoms with van der Waals surface area (Å²) >= 11 is 3.36. The molecule has 3 rings (SSSR count). The summed E-state index contributed by atoms with van der Waals surface area (Å²) in [5.41, 5.74) is 1.17. The number of halogens is 1. The molecule has 7 heteroatoms. The fraction of sp³-hybridized carbons (Fsp3) is 0.278. The number of carbonyl (C=O) groups is 2. The van der Waals surface area contributed by atoms with Crippen LogP contribution in [0.1, 0.15) is 23.2 Å². The summed E-state index contributed by atoms with van der Waals surface area (Å²) in [6.45, 7) is 1.01. The minimum atomic E-state index is -0.236. The summed E-state index contributed by atoms with van der Waals surface area (Å²) in [5.74, 6) is 0.566. The van der Waals surface area contributed by atoms with Gasteiger partial charge in [-0.25, -0.2) is 4.98 Å². The molecular formula is C18H19BrN4O2. The summed E-state index contributed by atoms with van der Waals surface area (Å²) in [4.78, 5) is 28.3. The Balaban J connectivity index is 1.56. The Morgan fingerprint density at radius 2 is 1.88 bits per heavy atom. The lowest BCUT2D eigenvalue weighted by Crippen LogP contribution is -2.30. The lowest BCUT2D eigenvalue weighted by Gasteiger charge is -2.11. The van der Waals surface area contributed by atoms with Crippen molar-refractivity contribution in [1.29, 1.82) is 0 Å². The van der Waals surface area contributed by atoms with Crippen LogP contribution in [0.3, 0.4) is 0 Å². The predicted octanol–water partition coefficient (Wildman–Crippen LogP) is 3.03. The number of rotatable bonds is 7. The molecule has 130 valence electrons. The number of nitrogens with zero attached hydrogens (tertiary/aromatic N) is 1. The standard InChI is InChI=1S/C18H19BrN4O2/c19-13-5-7-14(8-6-13)23-18(25)15-2-1-9-20-16(15)21-10-11-22-17(24)12-3-4-12/h1-2,5-9,12H,3-4,10-11H2,(H,20,21)(H,22,24)(H,23,25). The lowest BCUT2D eigenvalue weighted by atomic mass is 10.2. The van der Waals surface area contributed by atoms with Crippen LogP contribution < -0.4 is 16.0 Å². The van der Waals surface area contributed by atoms with Crippen molar-refractivity contribution < 1.29 is 9.59 Å². The van der Waals surface area contributed by atoms with E-state index in [1.54, 1.807) is 18.3 Å². The summed E-state index contributed by atoms with van der Waals surface area (Å²) in [6.07, 6.45) is 3.60. The molecule has 1 saturated carbocycles. The topological polar surface area (TPSA) is 83.1 Å². The Bertz CT molecular complexity index is 760. The highest BCUT2D eigenvalue weighted by atomic mass is 79.9. The summed E-state index contributed by atoms with van der Waals surface area (Å²) in [5, 5.41) is 8.83. The summed E-state index contributed by atoms with van der Waals surface area (Å²) in [7, 11) is 0. The smallest absolute Gasteiger partial charge is 0.259 e. The van der Waals surface area contributed by atoms with E-state index < -0.39 is 0 Å². The normalized spacial score (nSPS) is 13.2. The van der Waals surface area contributed by atoms with Gasteiger partial charge in [0.1, 0.15) is 5.82 Å². The third kappa shape index (κ3) is 5.03. The van der Waals surface area contributed by atoms with Gasteiger partial charge in [-0.3, -0.25) is 9.59 Å². The van der Waals surface area contributed by atoms with Gasteiger partial charge in [0.05, 0.1) is 5.56 Å². The van der Waals surface area contributed by atoms with Crippen LogP contribution in [0.5, 0.6) is 0 Å². The van der Waals surface area contributed by atoms with Crippen molar-refractivity contribution in [3.8, 4) is 0 Å². The number of pyridine rings is 1. The van der Waals surface area contributed by atoms with E-state index in [2.05, 4.69) is 36.9 Å². The number of carbonyl (C=O) groups excluding carboxylic acids is 2. The van der Waals surface area contributed by atoms with Crippen LogP contribution in [0.25, 0.3) is 0 Å². The first-order chi connectivity index (χ1) is 12.1. The first-order valence-electron chi connectivity index (χ1n) is 8.17. The van der Waals surface area contributed by atoms with Gasteiger partial charge >= 0.3 is 0 Å². The van der Waals surface area contributed by atoms with E-state index in [9.17, 15) is 9.59 Å². The first-order valence-corrected chi connectivity index (χ1v) is 8.96. The molecule has 0 bridgehead atoms. The molecule has 0 unspecified atom stereocenters. The maximum absolute atomic E-state index is 12.5. The highest BCUT2D eigenvalue weighted by Crippen LogP contribution is 2.28. The summed E-state index contributed by atoms with van der Waals surface area (Å²) < 4.78 is 0.947. The Morgan fingerprint density at radius 3 is 2.60 bits per heavy atom. The number of nitrogens with one attached hydrogen (secondary N) is 3. The van der Waals surface area contributed by atoms with Crippen LogP contribution in [0, 0.1) is 5.92 Å². The molecule has 0 aliphatic heterocycles. The minimum absolute atomic E-state index is 0.107. The van der Waals surface area contributed by atoms with Crippen molar-refractivity contribution in [2.45, 2.75) is 12.8 Å². The number of benzene rings is 1. The van der Waals surface area contributed by atoms with Crippen molar-refractivity contribution in [1.82, 2.24) is 10.3 Å². The van der Waals surface area contributed by atoms with Crippen molar-refractivity contribution in [3.05, 3.63) is 52.6 Å². The molecule has 1 heterocycles. The fourth-order valence-corrected chi connectivity index (χ4v) is 2.58. The number of anilines is 2. The number of aromatic nitrogens is 1. The number of hydrogen-bond donors (Lipinski definition) is 3. The van der Waals surface area contributed by atoms with E-state index in [-0.39, 0.29) is 17.7 Å². The molecule has 1 aromatic heterocycles. The molecule has 2 amide bonds. The van der Waals surface area contributed by atoms with Crippen LogP contribution in [0.4, 0.5) is 11.5 Å². The van der Waals surface area contributed by atoms with Gasteiger partial charge in [0.15, 0.2) is 0 Å². The summed E-state index contributed by atoms with van der Waals surface area (Å²) in [6, 6.07) is 10.8. The van der Waals surface area contributed by atoms with Crippen LogP contribution in [0.15, 0.2) is 47.1 Å². The van der Waals surface area contributed by atoms with E-state index in [0.29, 0.717) is 30.2 Å². The molecule has 0 atom stereocenters. The lowest BCUT2D eigenvalue weighted by molar-refractivity contribution is -0.122. The molecule has 0 spiro atoms. The Hall–Kier alpha value is -2.41. The van der Waals surface area contributed by atoms with Gasteiger partial charge in [0.2, 0.25) is 5.91 Å². The second kappa shape index (κ2) is 8.11. The maximum atomic E-state index is 12.5. The monoisotopic (exact) mass is 402 g/mol. The quantitative estimate of drug-likeness (QED) is 0.621. The van der Waals surface area contributed by atoms with Crippen LogP contribution >= 0.6 is 15.9 Å². The third-order valence-corrected chi connectivity index (χ3v) is 4.35. The van der Waals surface area contributed by atoms with E-state index in [4.69, 9.17) is 0 Å². The highest BCUT2D eigenvalue weighted by Gasteiger charge is 2.28. The maximum Gasteiger partial charge on any atom is 0.259 e. The SMILES string of the molecule is O=C(Nc1ccc(Br)cc1)c1cccnc1NCCNC(=O)C1CC1. The Kier molecular flexibility index (Phi) is 5.65. The molecule has 2 aromatic rings. The fourth-order valence-electron chi connectivity index (χ4n) is 2.32. The molecule has 6 nitrogen and oxygen atoms in total. The second-order valence-electron chi connectivity index (χ2n) is 5.85. The van der Waals surface area contributed by atoms with Gasteiger partial charge in [-0.15, -0.1) is 0 Å². The molecule has 1 aromatic carbocycles. The zero-order chi connectivity index (χ0) is 17.6. The van der Waals surface area contributed by atoms with Gasteiger partial charge in [-0.1, -0.05) is 15.9 Å². The Morgan fingerprint density at radius 1 is 1.12 bits per heavy atom. The zero-order valence-electron chi connectivity index (χ0n) is 13.6. The average molecular weight is 403 g/mol. The number of amides is 2. The van der Waals surface area contributed by atoms with E-state index in [0.717, 1.165) is 17.3 Å². The average Bonchev–Trinajstić information content (AvgIpc) is 3.46. The second-order valence-corrected chi connectivity index (χ2v) is 6.77. The van der Waals surface area contributed by atoms with Crippen molar-refractivity contribution in [3.63, 3.8) is 0 Å². The van der Waals surface area contributed by atoms with E-state index in [1.165, 1.54) is 0 Å². The van der Waals surface area contributed by atoms with Gasteiger partial charge < -0.3 is 16.0 Å². The highest BCUT2D eigenvalue weighted by molar-refractivity contribution is 9.10. The molecule has 0 radical (unpaired) electrons. The van der Waals surface area contributed by atoms with Crippen molar-refractivity contribution in [2.24, 2.45) is 5.92 Å². The van der Waals surface area contributed by atoms with Gasteiger partial charge in [-0.2, -0.15) is 0 Å². The third-order valence-electron chi connectivity index (χ3n) is 3.82. The molecule has 25 heavy (non-hydrogen) atoms. The van der Waals surface area contributed by atoms with Crippen molar-refractivity contribution >= 4 is 39.2 Å². The Labute approximate surface area is 154 Å². The van der Waals surface area contributed by atoms with Crippen molar-refractivity contribution in [2.75, 3.05) is 23.7 Å². The largest absolute Gasteiger partial charge is 0.368 e.